The van der Waals surface area contributed by atoms with Gasteiger partial charge in [0, 0.05) is 4.47 Å². The van der Waals surface area contributed by atoms with E-state index in [4.69, 9.17) is 11.6 Å². The number of alkyl halides is 1. The van der Waals surface area contributed by atoms with Crippen LogP contribution in [0.4, 0.5) is 0 Å². The molecule has 2 heteroatoms. The van der Waals surface area contributed by atoms with Gasteiger partial charge in [0.05, 0.1) is 5.38 Å². The van der Waals surface area contributed by atoms with Crippen LogP contribution in [0, 0.1) is 0 Å². The molecule has 0 aliphatic heterocycles. The smallest absolute Gasteiger partial charge is 0.0853 e. The Labute approximate surface area is 195 Å². The summed E-state index contributed by atoms with van der Waals surface area (Å²) in [5.41, 5.74) is 9.80. The van der Waals surface area contributed by atoms with Gasteiger partial charge in [-0.15, -0.1) is 11.6 Å². The van der Waals surface area contributed by atoms with E-state index in [1.807, 2.05) is 0 Å². The number of fused-ring (bicyclic) bond motifs is 4. The monoisotopic (exact) mass is 480 g/mol. The van der Waals surface area contributed by atoms with Crippen molar-refractivity contribution < 1.29 is 0 Å². The molecule has 0 nitrogen and oxygen atoms in total. The molecule has 0 N–H and O–H groups in total. The fourth-order valence-electron chi connectivity index (χ4n) is 4.93. The summed E-state index contributed by atoms with van der Waals surface area (Å²) in [5.74, 6) is 0. The van der Waals surface area contributed by atoms with Crippen molar-refractivity contribution in [2.45, 2.75) is 5.38 Å². The minimum Gasteiger partial charge on any atom is -0.113 e. The molecular formula is C29H18BrCl. The third-order valence-electron chi connectivity index (χ3n) is 6.21. The second kappa shape index (κ2) is 7.37. The molecule has 5 aromatic carbocycles. The maximum atomic E-state index is 7.21. The van der Waals surface area contributed by atoms with Gasteiger partial charge in [0.1, 0.15) is 0 Å². The van der Waals surface area contributed by atoms with E-state index in [0.29, 0.717) is 0 Å². The van der Waals surface area contributed by atoms with Crippen LogP contribution in [0.25, 0.3) is 44.2 Å². The molecule has 1 atom stereocenters. The molecule has 0 aromatic heterocycles. The number of rotatable bonds is 2. The molecule has 148 valence electrons. The highest BCUT2D eigenvalue weighted by Crippen LogP contribution is 2.57. The highest BCUT2D eigenvalue weighted by molar-refractivity contribution is 9.10. The first kappa shape index (κ1) is 18.9. The van der Waals surface area contributed by atoms with Crippen LogP contribution >= 0.6 is 27.5 Å². The van der Waals surface area contributed by atoms with Crippen molar-refractivity contribution in [1.29, 1.82) is 0 Å². The summed E-state index contributed by atoms with van der Waals surface area (Å²) in [6.07, 6.45) is 0. The van der Waals surface area contributed by atoms with Gasteiger partial charge in [-0.05, 0) is 67.4 Å². The van der Waals surface area contributed by atoms with Gasteiger partial charge in [-0.2, -0.15) is 0 Å². The lowest BCUT2D eigenvalue weighted by Gasteiger charge is -2.20. The summed E-state index contributed by atoms with van der Waals surface area (Å²) in [7, 11) is 0. The first-order valence-electron chi connectivity index (χ1n) is 10.4. The third kappa shape index (κ3) is 2.88. The number of hydrogen-bond donors (Lipinski definition) is 0. The molecule has 0 fully saturated rings. The summed E-state index contributed by atoms with van der Waals surface area (Å²) >= 11 is 10.8. The fourth-order valence-corrected chi connectivity index (χ4v) is 5.60. The molecular weight excluding hydrogens is 464 g/mol. The summed E-state index contributed by atoms with van der Waals surface area (Å²) in [6, 6.07) is 36.6. The van der Waals surface area contributed by atoms with Crippen LogP contribution < -0.4 is 0 Å². The molecule has 31 heavy (non-hydrogen) atoms. The molecule has 6 rings (SSSR count). The van der Waals surface area contributed by atoms with Gasteiger partial charge in [-0.1, -0.05) is 107 Å². The van der Waals surface area contributed by atoms with Gasteiger partial charge in [0.15, 0.2) is 0 Å². The zero-order valence-corrected chi connectivity index (χ0v) is 19.0. The molecule has 0 radical (unpaired) electrons. The average Bonchev–Trinajstić information content (AvgIpc) is 3.11. The van der Waals surface area contributed by atoms with E-state index in [1.54, 1.807) is 0 Å². The SMILES string of the molecule is ClC1c2ccccc2-c2c1c(-c1ccc(Br)cc1)c1ccccc1c2-c1ccccc1. The minimum absolute atomic E-state index is 0.183. The largest absolute Gasteiger partial charge is 0.113 e. The lowest BCUT2D eigenvalue weighted by atomic mass is 9.83. The zero-order chi connectivity index (χ0) is 20.9. The van der Waals surface area contributed by atoms with Crippen molar-refractivity contribution in [2.24, 2.45) is 0 Å². The Bertz CT molecular complexity index is 1440. The Morgan fingerprint density at radius 1 is 0.548 bits per heavy atom. The zero-order valence-electron chi connectivity index (χ0n) is 16.6. The van der Waals surface area contributed by atoms with Crippen molar-refractivity contribution in [1.82, 2.24) is 0 Å². The van der Waals surface area contributed by atoms with Gasteiger partial charge in [0.25, 0.3) is 0 Å². The van der Waals surface area contributed by atoms with Crippen LogP contribution in [0.2, 0.25) is 0 Å². The second-order valence-corrected chi connectivity index (χ2v) is 9.26. The van der Waals surface area contributed by atoms with Crippen LogP contribution in [-0.2, 0) is 0 Å². The summed E-state index contributed by atoms with van der Waals surface area (Å²) < 4.78 is 1.07. The molecule has 0 saturated carbocycles. The topological polar surface area (TPSA) is 0 Å². The predicted molar refractivity (Wildman–Crippen MR) is 136 cm³/mol. The van der Waals surface area contributed by atoms with Gasteiger partial charge in [-0.25, -0.2) is 0 Å². The lowest BCUT2D eigenvalue weighted by molar-refractivity contribution is 1.21. The Morgan fingerprint density at radius 2 is 1.13 bits per heavy atom. The van der Waals surface area contributed by atoms with E-state index in [1.165, 1.54) is 55.3 Å². The molecule has 0 bridgehead atoms. The Kier molecular flexibility index (Phi) is 4.49. The normalized spacial score (nSPS) is 14.5. The van der Waals surface area contributed by atoms with Crippen LogP contribution in [0.15, 0.2) is 108 Å². The Hall–Kier alpha value is -2.87. The van der Waals surface area contributed by atoms with Crippen molar-refractivity contribution in [3.05, 3.63) is 119 Å². The van der Waals surface area contributed by atoms with E-state index >= 15 is 0 Å². The first-order chi connectivity index (χ1) is 15.2. The molecule has 0 amide bonds. The predicted octanol–water partition coefficient (Wildman–Crippen LogP) is 9.24. The summed E-state index contributed by atoms with van der Waals surface area (Å²) in [5, 5.41) is 2.31. The molecule has 5 aromatic rings. The number of halogens is 2. The molecule has 1 aliphatic rings. The average molecular weight is 482 g/mol. The summed E-state index contributed by atoms with van der Waals surface area (Å²) in [4.78, 5) is 0. The van der Waals surface area contributed by atoms with Crippen molar-refractivity contribution in [2.75, 3.05) is 0 Å². The van der Waals surface area contributed by atoms with Gasteiger partial charge in [-0.3, -0.25) is 0 Å². The van der Waals surface area contributed by atoms with Crippen molar-refractivity contribution in [3.63, 3.8) is 0 Å². The van der Waals surface area contributed by atoms with Crippen molar-refractivity contribution in [3.8, 4) is 33.4 Å². The van der Waals surface area contributed by atoms with Gasteiger partial charge >= 0.3 is 0 Å². The molecule has 1 unspecified atom stereocenters. The van der Waals surface area contributed by atoms with E-state index in [0.717, 1.165) is 4.47 Å². The standard InChI is InChI=1S/C29H18BrCl/c30-20-16-14-19(15-17-20)26-22-11-5-4-10-21(22)25(18-8-2-1-3-9-18)27-23-12-6-7-13-24(23)29(31)28(26)27/h1-17,29H. The van der Waals surface area contributed by atoms with Crippen LogP contribution in [0.1, 0.15) is 16.5 Å². The lowest BCUT2D eigenvalue weighted by Crippen LogP contribution is -1.96. The minimum atomic E-state index is -0.183. The Balaban J connectivity index is 1.84. The fraction of sp³-hybridized carbons (Fsp3) is 0.0345. The second-order valence-electron chi connectivity index (χ2n) is 7.91. The van der Waals surface area contributed by atoms with E-state index in [2.05, 4.69) is 119 Å². The van der Waals surface area contributed by atoms with Gasteiger partial charge < -0.3 is 0 Å². The molecule has 0 spiro atoms. The van der Waals surface area contributed by atoms with Crippen LogP contribution in [0.5, 0.6) is 0 Å². The van der Waals surface area contributed by atoms with Crippen molar-refractivity contribution >= 4 is 38.3 Å². The molecule has 0 saturated heterocycles. The number of hydrogen-bond acceptors (Lipinski definition) is 0. The maximum Gasteiger partial charge on any atom is 0.0853 e. The molecule has 1 aliphatic carbocycles. The highest BCUT2D eigenvalue weighted by Gasteiger charge is 2.34. The van der Waals surface area contributed by atoms with Crippen LogP contribution in [0.3, 0.4) is 0 Å². The van der Waals surface area contributed by atoms with Crippen LogP contribution in [-0.4, -0.2) is 0 Å². The first-order valence-corrected chi connectivity index (χ1v) is 11.6. The molecule has 0 heterocycles. The Morgan fingerprint density at radius 3 is 1.87 bits per heavy atom. The highest BCUT2D eigenvalue weighted by atomic mass is 79.9. The van der Waals surface area contributed by atoms with E-state index < -0.39 is 0 Å². The van der Waals surface area contributed by atoms with E-state index in [9.17, 15) is 0 Å². The summed E-state index contributed by atoms with van der Waals surface area (Å²) in [6.45, 7) is 0. The maximum absolute atomic E-state index is 7.21. The number of benzene rings is 5. The third-order valence-corrected chi connectivity index (χ3v) is 7.19. The quantitative estimate of drug-likeness (QED) is 0.220. The van der Waals surface area contributed by atoms with Gasteiger partial charge in [0.2, 0.25) is 0 Å². The van der Waals surface area contributed by atoms with E-state index in [-0.39, 0.29) is 5.38 Å².